The molecule has 0 unspecified atom stereocenters. The minimum absolute atomic E-state index is 0.157. The zero-order valence-electron chi connectivity index (χ0n) is 7.74. The Hall–Kier alpha value is -0.160. The molecule has 1 aliphatic heterocycles. The Labute approximate surface area is 72.4 Å². The first-order valence-electron chi connectivity index (χ1n) is 3.97. The normalized spacial score (nSPS) is 42.0. The molecule has 0 amide bonds. The lowest BCUT2D eigenvalue weighted by Gasteiger charge is -2.24. The van der Waals surface area contributed by atoms with E-state index in [1.165, 1.54) is 0 Å². The van der Waals surface area contributed by atoms with Gasteiger partial charge in [0.15, 0.2) is 0 Å². The van der Waals surface area contributed by atoms with E-state index in [1.54, 1.807) is 21.1 Å². The average Bonchev–Trinajstić information content (AvgIpc) is 2.27. The van der Waals surface area contributed by atoms with Crippen LogP contribution in [-0.4, -0.2) is 50.3 Å². The molecule has 0 spiro atoms. The lowest BCUT2D eigenvalue weighted by atomic mass is 9.99. The van der Waals surface area contributed by atoms with Crippen LogP contribution in [0, 0.1) is 0 Å². The summed E-state index contributed by atoms with van der Waals surface area (Å²) in [7, 11) is 3.17. The summed E-state index contributed by atoms with van der Waals surface area (Å²) in [6.07, 6.45) is -0.451. The summed E-state index contributed by atoms with van der Waals surface area (Å²) in [5, 5.41) is 9.75. The molecule has 3 atom stereocenters. The zero-order chi connectivity index (χ0) is 9.19. The Balaban J connectivity index is 2.56. The Morgan fingerprint density at radius 2 is 2.25 bits per heavy atom. The maximum Gasteiger partial charge on any atom is 0.116 e. The smallest absolute Gasteiger partial charge is 0.116 e. The highest BCUT2D eigenvalue weighted by Gasteiger charge is 2.45. The molecule has 0 aromatic rings. The van der Waals surface area contributed by atoms with Crippen LogP contribution in [0.1, 0.15) is 6.92 Å². The third-order valence-electron chi connectivity index (χ3n) is 2.13. The van der Waals surface area contributed by atoms with Crippen LogP contribution in [0.5, 0.6) is 0 Å². The lowest BCUT2D eigenvalue weighted by molar-refractivity contribution is -0.0706. The van der Waals surface area contributed by atoms with Gasteiger partial charge in [-0.25, -0.2) is 0 Å². The maximum atomic E-state index is 9.75. The number of methoxy groups -OCH3 is 2. The summed E-state index contributed by atoms with van der Waals surface area (Å²) in [4.78, 5) is 0. The zero-order valence-corrected chi connectivity index (χ0v) is 7.74. The first-order valence-corrected chi connectivity index (χ1v) is 3.97. The van der Waals surface area contributed by atoms with Crippen LogP contribution < -0.4 is 0 Å². The summed E-state index contributed by atoms with van der Waals surface area (Å²) in [6.45, 7) is 2.46. The highest BCUT2D eigenvalue weighted by atomic mass is 16.6. The van der Waals surface area contributed by atoms with Crippen molar-refractivity contribution >= 4 is 0 Å². The number of hydrogen-bond donors (Lipinski definition) is 1. The number of hydrogen-bond acceptors (Lipinski definition) is 4. The van der Waals surface area contributed by atoms with Crippen LogP contribution in [-0.2, 0) is 14.2 Å². The van der Waals surface area contributed by atoms with Crippen LogP contribution in [0.3, 0.4) is 0 Å². The Morgan fingerprint density at radius 3 is 2.75 bits per heavy atom. The molecule has 4 heteroatoms. The number of ether oxygens (including phenoxy) is 3. The van der Waals surface area contributed by atoms with Crippen molar-refractivity contribution in [1.82, 2.24) is 0 Å². The van der Waals surface area contributed by atoms with Crippen LogP contribution >= 0.6 is 0 Å². The second-order valence-corrected chi connectivity index (χ2v) is 3.32. The van der Waals surface area contributed by atoms with Gasteiger partial charge in [-0.1, -0.05) is 0 Å². The first-order chi connectivity index (χ1) is 5.61. The molecule has 1 rings (SSSR count). The molecule has 0 radical (unpaired) electrons. The Morgan fingerprint density at radius 1 is 1.58 bits per heavy atom. The molecule has 0 saturated carbocycles. The Bertz CT molecular complexity index is 146. The second-order valence-electron chi connectivity index (χ2n) is 3.32. The monoisotopic (exact) mass is 176 g/mol. The molecule has 0 aliphatic carbocycles. The first kappa shape index (κ1) is 9.92. The van der Waals surface area contributed by atoms with E-state index in [9.17, 15) is 5.11 Å². The van der Waals surface area contributed by atoms with E-state index in [4.69, 9.17) is 14.2 Å². The molecule has 1 fully saturated rings. The van der Waals surface area contributed by atoms with Crippen LogP contribution in [0.25, 0.3) is 0 Å². The van der Waals surface area contributed by atoms with Crippen molar-refractivity contribution < 1.29 is 19.3 Å². The van der Waals surface area contributed by atoms with Crippen molar-refractivity contribution in [3.8, 4) is 0 Å². The molecule has 1 N–H and O–H groups in total. The molecule has 0 aromatic heterocycles. The van der Waals surface area contributed by atoms with E-state index < -0.39 is 5.60 Å². The maximum absolute atomic E-state index is 9.75. The summed E-state index contributed by atoms with van der Waals surface area (Å²) >= 11 is 0. The molecule has 0 bridgehead atoms. The molecule has 0 aromatic carbocycles. The highest BCUT2D eigenvalue weighted by Crippen LogP contribution is 2.26. The summed E-state index contributed by atoms with van der Waals surface area (Å²) in [5.41, 5.74) is -0.891. The van der Waals surface area contributed by atoms with Gasteiger partial charge in [0.2, 0.25) is 0 Å². The van der Waals surface area contributed by atoms with Gasteiger partial charge < -0.3 is 19.3 Å². The fourth-order valence-electron chi connectivity index (χ4n) is 1.55. The van der Waals surface area contributed by atoms with Gasteiger partial charge in [0, 0.05) is 14.2 Å². The second kappa shape index (κ2) is 3.70. The highest BCUT2D eigenvalue weighted by molar-refractivity contribution is 4.94. The van der Waals surface area contributed by atoms with Gasteiger partial charge in [-0.05, 0) is 6.92 Å². The van der Waals surface area contributed by atoms with Crippen LogP contribution in [0.2, 0.25) is 0 Å². The van der Waals surface area contributed by atoms with E-state index >= 15 is 0 Å². The predicted molar refractivity (Wildman–Crippen MR) is 43.0 cm³/mol. The summed E-state index contributed by atoms with van der Waals surface area (Å²) in [5.74, 6) is 0. The third kappa shape index (κ3) is 1.77. The van der Waals surface area contributed by atoms with Crippen molar-refractivity contribution in [3.63, 3.8) is 0 Å². The minimum Gasteiger partial charge on any atom is -0.385 e. The summed E-state index contributed by atoms with van der Waals surface area (Å²) in [6, 6.07) is 0. The minimum atomic E-state index is -0.891. The predicted octanol–water partition coefficient (Wildman–Crippen LogP) is -0.202. The molecule has 12 heavy (non-hydrogen) atoms. The van der Waals surface area contributed by atoms with Crippen molar-refractivity contribution in [3.05, 3.63) is 0 Å². The lowest BCUT2D eigenvalue weighted by Crippen LogP contribution is -2.43. The van der Waals surface area contributed by atoms with Gasteiger partial charge in [-0.2, -0.15) is 0 Å². The molecule has 1 heterocycles. The number of rotatable bonds is 3. The average molecular weight is 176 g/mol. The van der Waals surface area contributed by atoms with Crippen molar-refractivity contribution in [2.24, 2.45) is 0 Å². The van der Waals surface area contributed by atoms with Gasteiger partial charge in [0.25, 0.3) is 0 Å². The number of aliphatic hydroxyl groups is 1. The fourth-order valence-corrected chi connectivity index (χ4v) is 1.55. The molecule has 1 saturated heterocycles. The van der Waals surface area contributed by atoms with E-state index in [0.29, 0.717) is 13.2 Å². The van der Waals surface area contributed by atoms with Crippen molar-refractivity contribution in [2.75, 3.05) is 27.4 Å². The van der Waals surface area contributed by atoms with E-state index in [-0.39, 0.29) is 12.2 Å². The van der Waals surface area contributed by atoms with Gasteiger partial charge in [0.1, 0.15) is 17.8 Å². The van der Waals surface area contributed by atoms with Gasteiger partial charge in [-0.15, -0.1) is 0 Å². The van der Waals surface area contributed by atoms with Gasteiger partial charge in [0.05, 0.1) is 13.2 Å². The molecule has 4 nitrogen and oxygen atoms in total. The van der Waals surface area contributed by atoms with Crippen molar-refractivity contribution in [2.45, 2.75) is 24.7 Å². The van der Waals surface area contributed by atoms with Crippen molar-refractivity contribution in [1.29, 1.82) is 0 Å². The van der Waals surface area contributed by atoms with Gasteiger partial charge >= 0.3 is 0 Å². The van der Waals surface area contributed by atoms with E-state index in [0.717, 1.165) is 0 Å². The third-order valence-corrected chi connectivity index (χ3v) is 2.13. The molecule has 1 aliphatic rings. The van der Waals surface area contributed by atoms with E-state index in [2.05, 4.69) is 0 Å². The van der Waals surface area contributed by atoms with Crippen LogP contribution in [0.4, 0.5) is 0 Å². The quantitative estimate of drug-likeness (QED) is 0.647. The molecule has 72 valence electrons. The standard InChI is InChI=1S/C8H16O4/c1-8(9)5-12-6(4-10-2)7(8)11-3/h6-7,9H,4-5H2,1-3H3/t6-,7+,8+/m1/s1. The SMILES string of the molecule is COC[C@H]1OC[C@](C)(O)[C@H]1OC. The molecular formula is C8H16O4. The summed E-state index contributed by atoms with van der Waals surface area (Å²) < 4.78 is 15.4. The van der Waals surface area contributed by atoms with Crippen LogP contribution in [0.15, 0.2) is 0 Å². The fraction of sp³-hybridized carbons (Fsp3) is 1.00. The topological polar surface area (TPSA) is 47.9 Å². The van der Waals surface area contributed by atoms with E-state index in [1.807, 2.05) is 0 Å². The molecular weight excluding hydrogens is 160 g/mol. The van der Waals surface area contributed by atoms with Gasteiger partial charge in [-0.3, -0.25) is 0 Å². The largest absolute Gasteiger partial charge is 0.385 e. The Kier molecular flexibility index (Phi) is 3.06.